The van der Waals surface area contributed by atoms with Crippen LogP contribution in [0, 0.1) is 5.41 Å². The monoisotopic (exact) mass is 297 g/mol. The molecule has 0 saturated heterocycles. The molecule has 0 aromatic carbocycles. The van der Waals surface area contributed by atoms with Crippen LogP contribution in [0.5, 0.6) is 0 Å². The highest BCUT2D eigenvalue weighted by Gasteiger charge is 2.37. The number of halogens is 2. The number of alkyl halides is 1. The summed E-state index contributed by atoms with van der Waals surface area (Å²) in [6.07, 6.45) is 5.31. The number of hydrogen-bond donors (Lipinski definition) is 0. The average Bonchev–Trinajstić information content (AvgIpc) is 2.87. The molecule has 19 heavy (non-hydrogen) atoms. The van der Waals surface area contributed by atoms with Gasteiger partial charge < -0.3 is 4.57 Å². The van der Waals surface area contributed by atoms with Crippen LogP contribution in [0.15, 0.2) is 12.3 Å². The van der Waals surface area contributed by atoms with E-state index in [1.54, 1.807) is 6.20 Å². The Hall–Kier alpha value is -0.800. The van der Waals surface area contributed by atoms with Crippen LogP contribution in [0.25, 0.3) is 11.2 Å². The van der Waals surface area contributed by atoms with Gasteiger partial charge in [-0.05, 0) is 24.3 Å². The quantitative estimate of drug-likeness (QED) is 0.760. The topological polar surface area (TPSA) is 30.7 Å². The lowest BCUT2D eigenvalue weighted by atomic mass is 9.87. The Morgan fingerprint density at radius 2 is 2.26 bits per heavy atom. The molecular weight excluding hydrogens is 281 g/mol. The van der Waals surface area contributed by atoms with E-state index in [-0.39, 0.29) is 5.41 Å². The molecule has 2 aromatic rings. The van der Waals surface area contributed by atoms with Crippen LogP contribution < -0.4 is 0 Å². The first kappa shape index (κ1) is 13.2. The minimum atomic E-state index is 0.260. The molecule has 1 unspecified atom stereocenters. The van der Waals surface area contributed by atoms with Gasteiger partial charge in [0.25, 0.3) is 0 Å². The van der Waals surface area contributed by atoms with Crippen LogP contribution in [0.3, 0.4) is 0 Å². The van der Waals surface area contributed by atoms with Gasteiger partial charge in [-0.3, -0.25) is 0 Å². The second-order valence-electron chi connectivity index (χ2n) is 5.92. The molecule has 1 atom stereocenters. The van der Waals surface area contributed by atoms with Gasteiger partial charge in [0.1, 0.15) is 11.3 Å². The lowest BCUT2D eigenvalue weighted by molar-refractivity contribution is 0.261. The first-order valence-electron chi connectivity index (χ1n) is 6.61. The fourth-order valence-electron chi connectivity index (χ4n) is 3.21. The van der Waals surface area contributed by atoms with Crippen LogP contribution in [-0.2, 0) is 5.88 Å². The van der Waals surface area contributed by atoms with Gasteiger partial charge in [0, 0.05) is 12.2 Å². The zero-order chi connectivity index (χ0) is 13.6. The predicted octanol–water partition coefficient (Wildman–Crippen LogP) is 4.57. The van der Waals surface area contributed by atoms with E-state index in [0.29, 0.717) is 16.9 Å². The van der Waals surface area contributed by atoms with Gasteiger partial charge in [-0.15, -0.1) is 11.6 Å². The van der Waals surface area contributed by atoms with Crippen LogP contribution >= 0.6 is 23.2 Å². The third-order valence-corrected chi connectivity index (χ3v) is 4.65. The van der Waals surface area contributed by atoms with E-state index in [1.807, 2.05) is 6.07 Å². The van der Waals surface area contributed by atoms with Gasteiger partial charge in [0.05, 0.1) is 10.9 Å². The highest BCUT2D eigenvalue weighted by atomic mass is 35.5. The van der Waals surface area contributed by atoms with Gasteiger partial charge in [0.2, 0.25) is 0 Å². The third kappa shape index (κ3) is 2.13. The van der Waals surface area contributed by atoms with Gasteiger partial charge >= 0.3 is 0 Å². The van der Waals surface area contributed by atoms with Crippen molar-refractivity contribution in [1.29, 1.82) is 0 Å². The van der Waals surface area contributed by atoms with Crippen molar-refractivity contribution in [3.63, 3.8) is 0 Å². The van der Waals surface area contributed by atoms with E-state index in [0.717, 1.165) is 23.4 Å². The molecule has 1 aliphatic carbocycles. The molecule has 5 heteroatoms. The van der Waals surface area contributed by atoms with Crippen LogP contribution in [-0.4, -0.2) is 14.5 Å². The average molecular weight is 298 g/mol. The van der Waals surface area contributed by atoms with Gasteiger partial charge in [0.15, 0.2) is 5.65 Å². The largest absolute Gasteiger partial charge is 0.308 e. The molecule has 1 aliphatic rings. The summed E-state index contributed by atoms with van der Waals surface area (Å²) < 4.78 is 2.23. The Labute approximate surface area is 122 Å². The maximum atomic E-state index is 6.07. The zero-order valence-electron chi connectivity index (χ0n) is 11.2. The molecule has 0 bridgehead atoms. The lowest BCUT2D eigenvalue weighted by Crippen LogP contribution is -2.23. The maximum Gasteiger partial charge on any atom is 0.160 e. The fraction of sp³-hybridized carbons (Fsp3) is 0.571. The summed E-state index contributed by atoms with van der Waals surface area (Å²) >= 11 is 12.1. The standard InChI is InChI=1S/C14H17Cl2N3/c1-14(2)5-3-4-11(14)19-12(7-15)18-10-6-9(16)8-17-13(10)19/h6,8,11H,3-5,7H2,1-2H3. The molecule has 3 rings (SSSR count). The molecular formula is C14H17Cl2N3. The van der Waals surface area contributed by atoms with Crippen LogP contribution in [0.4, 0.5) is 0 Å². The molecule has 2 aromatic heterocycles. The SMILES string of the molecule is CC1(C)CCCC1n1c(CCl)nc2cc(Cl)cnc21. The van der Waals surface area contributed by atoms with Crippen molar-refractivity contribution in [3.05, 3.63) is 23.1 Å². The number of nitrogens with zero attached hydrogens (tertiary/aromatic N) is 3. The first-order valence-corrected chi connectivity index (χ1v) is 7.52. The number of pyridine rings is 1. The molecule has 1 saturated carbocycles. The Bertz CT molecular complexity index is 618. The van der Waals surface area contributed by atoms with Gasteiger partial charge in [-0.25, -0.2) is 9.97 Å². The molecule has 0 aliphatic heterocycles. The van der Waals surface area contributed by atoms with E-state index in [4.69, 9.17) is 23.2 Å². The molecule has 0 N–H and O–H groups in total. The van der Waals surface area contributed by atoms with Crippen molar-refractivity contribution in [2.45, 2.75) is 45.0 Å². The molecule has 0 amide bonds. The number of aromatic nitrogens is 3. The molecule has 0 spiro atoms. The van der Waals surface area contributed by atoms with E-state index >= 15 is 0 Å². The zero-order valence-corrected chi connectivity index (χ0v) is 12.7. The molecule has 0 radical (unpaired) electrons. The second-order valence-corrected chi connectivity index (χ2v) is 6.63. The predicted molar refractivity (Wildman–Crippen MR) is 78.8 cm³/mol. The van der Waals surface area contributed by atoms with E-state index in [1.165, 1.54) is 12.8 Å². The molecule has 2 heterocycles. The summed E-state index contributed by atoms with van der Waals surface area (Å²) in [6, 6.07) is 2.28. The smallest absolute Gasteiger partial charge is 0.160 e. The minimum Gasteiger partial charge on any atom is -0.308 e. The fourth-order valence-corrected chi connectivity index (χ4v) is 3.55. The summed E-state index contributed by atoms with van der Waals surface area (Å²) in [5, 5.41) is 0.615. The Morgan fingerprint density at radius 3 is 2.89 bits per heavy atom. The maximum absolute atomic E-state index is 6.07. The highest BCUT2D eigenvalue weighted by Crippen LogP contribution is 2.47. The van der Waals surface area contributed by atoms with E-state index in [9.17, 15) is 0 Å². The minimum absolute atomic E-state index is 0.260. The normalized spacial score (nSPS) is 22.2. The van der Waals surface area contributed by atoms with Crippen LogP contribution in [0.2, 0.25) is 5.02 Å². The van der Waals surface area contributed by atoms with E-state index in [2.05, 4.69) is 28.4 Å². The van der Waals surface area contributed by atoms with Crippen molar-refractivity contribution >= 4 is 34.4 Å². The number of hydrogen-bond acceptors (Lipinski definition) is 2. The summed E-state index contributed by atoms with van der Waals surface area (Å²) in [6.45, 7) is 4.62. The second kappa shape index (κ2) is 4.64. The van der Waals surface area contributed by atoms with Crippen molar-refractivity contribution in [3.8, 4) is 0 Å². The first-order chi connectivity index (χ1) is 9.03. The van der Waals surface area contributed by atoms with Crippen LogP contribution in [0.1, 0.15) is 45.0 Å². The summed E-state index contributed by atoms with van der Waals surface area (Å²) in [5.41, 5.74) is 2.00. The molecule has 102 valence electrons. The molecule has 3 nitrogen and oxygen atoms in total. The van der Waals surface area contributed by atoms with Gasteiger partial charge in [-0.2, -0.15) is 0 Å². The number of fused-ring (bicyclic) bond motifs is 1. The number of rotatable bonds is 2. The molecule has 1 fully saturated rings. The summed E-state index contributed by atoms with van der Waals surface area (Å²) in [5.74, 6) is 1.30. The van der Waals surface area contributed by atoms with Gasteiger partial charge in [-0.1, -0.05) is 31.9 Å². The van der Waals surface area contributed by atoms with Crippen molar-refractivity contribution in [1.82, 2.24) is 14.5 Å². The Balaban J connectivity index is 2.21. The number of imidazole rings is 1. The Kier molecular flexibility index (Phi) is 3.22. The van der Waals surface area contributed by atoms with Crippen molar-refractivity contribution in [2.75, 3.05) is 0 Å². The Morgan fingerprint density at radius 1 is 1.47 bits per heavy atom. The summed E-state index contributed by atoms with van der Waals surface area (Å²) in [7, 11) is 0. The third-order valence-electron chi connectivity index (χ3n) is 4.20. The summed E-state index contributed by atoms with van der Waals surface area (Å²) in [4.78, 5) is 9.06. The van der Waals surface area contributed by atoms with Crippen molar-refractivity contribution < 1.29 is 0 Å². The van der Waals surface area contributed by atoms with E-state index < -0.39 is 0 Å². The van der Waals surface area contributed by atoms with Crippen molar-refractivity contribution in [2.24, 2.45) is 5.41 Å². The lowest BCUT2D eigenvalue weighted by Gasteiger charge is -2.29. The highest BCUT2D eigenvalue weighted by molar-refractivity contribution is 6.31.